The fourth-order valence-corrected chi connectivity index (χ4v) is 5.85. The predicted molar refractivity (Wildman–Crippen MR) is 125 cm³/mol. The molecule has 1 amide bonds. The summed E-state index contributed by atoms with van der Waals surface area (Å²) in [6.45, 7) is 8.58. The van der Waals surface area contributed by atoms with Gasteiger partial charge in [0.25, 0.3) is 0 Å². The molecule has 0 unspecified atom stereocenters. The first-order valence-electron chi connectivity index (χ1n) is 11.1. The Kier molecular flexibility index (Phi) is 6.79. The molecule has 1 aliphatic heterocycles. The summed E-state index contributed by atoms with van der Waals surface area (Å²) in [7, 11) is 0. The number of thiophene rings is 1. The number of rotatable bonds is 6. The van der Waals surface area contributed by atoms with E-state index in [4.69, 9.17) is 4.74 Å². The topological polar surface area (TPSA) is 68.6 Å². The molecule has 31 heavy (non-hydrogen) atoms. The summed E-state index contributed by atoms with van der Waals surface area (Å²) in [4.78, 5) is 18.5. The van der Waals surface area contributed by atoms with Crippen LogP contribution in [0.2, 0.25) is 0 Å². The lowest BCUT2D eigenvalue weighted by Gasteiger charge is -2.36. The van der Waals surface area contributed by atoms with Gasteiger partial charge in [-0.3, -0.25) is 9.69 Å². The molecule has 1 aromatic heterocycles. The number of ether oxygens (including phenoxy) is 1. The number of piperazine rings is 1. The summed E-state index contributed by atoms with van der Waals surface area (Å²) in [5.41, 5.74) is 2.95. The van der Waals surface area contributed by atoms with E-state index < -0.39 is 0 Å². The molecule has 0 bridgehead atoms. The van der Waals surface area contributed by atoms with E-state index in [1.807, 2.05) is 25.1 Å². The average Bonchev–Trinajstić information content (AvgIpc) is 3.10. The first-order valence-corrected chi connectivity index (χ1v) is 11.9. The Labute approximate surface area is 188 Å². The minimum absolute atomic E-state index is 0.0358. The molecule has 1 N–H and O–H groups in total. The van der Waals surface area contributed by atoms with Crippen LogP contribution in [0, 0.1) is 17.2 Å². The number of carbonyl (C=O) groups excluding carboxylic acids is 1. The quantitative estimate of drug-likeness (QED) is 0.741. The van der Waals surface area contributed by atoms with Crippen molar-refractivity contribution in [3.05, 3.63) is 40.3 Å². The van der Waals surface area contributed by atoms with Crippen LogP contribution in [0.3, 0.4) is 0 Å². The predicted octanol–water partition coefficient (Wildman–Crippen LogP) is 3.90. The standard InChI is InChI=1S/C24H30N4O2S/c1-3-30-21-7-5-4-6-20(21)28-12-10-27(11-13-28)16-23(29)26-24-19(15-25)18-9-8-17(2)14-22(18)31-24/h4-7,17H,3,8-14,16H2,1-2H3,(H,26,29)/t17-/m0/s1. The Morgan fingerprint density at radius 3 is 2.81 bits per heavy atom. The highest BCUT2D eigenvalue weighted by Gasteiger charge is 2.26. The van der Waals surface area contributed by atoms with Crippen LogP contribution < -0.4 is 15.0 Å². The summed E-state index contributed by atoms with van der Waals surface area (Å²) in [6.07, 6.45) is 3.06. The van der Waals surface area contributed by atoms with Crippen molar-refractivity contribution in [1.82, 2.24) is 4.90 Å². The zero-order valence-corrected chi connectivity index (χ0v) is 19.1. The molecule has 1 aromatic carbocycles. The van der Waals surface area contributed by atoms with E-state index in [2.05, 4.69) is 34.2 Å². The molecule has 1 atom stereocenters. The van der Waals surface area contributed by atoms with Crippen molar-refractivity contribution in [3.63, 3.8) is 0 Å². The van der Waals surface area contributed by atoms with Gasteiger partial charge in [-0.2, -0.15) is 5.26 Å². The second kappa shape index (κ2) is 9.71. The highest BCUT2D eigenvalue weighted by molar-refractivity contribution is 7.16. The Morgan fingerprint density at radius 2 is 2.06 bits per heavy atom. The van der Waals surface area contributed by atoms with Crippen LogP contribution in [0.25, 0.3) is 0 Å². The minimum atomic E-state index is -0.0358. The third-order valence-electron chi connectivity index (χ3n) is 6.12. The van der Waals surface area contributed by atoms with Gasteiger partial charge in [0.05, 0.1) is 24.4 Å². The Morgan fingerprint density at radius 1 is 1.29 bits per heavy atom. The molecule has 6 nitrogen and oxygen atoms in total. The van der Waals surface area contributed by atoms with E-state index in [0.717, 1.165) is 67.4 Å². The van der Waals surface area contributed by atoms with Gasteiger partial charge in [-0.15, -0.1) is 11.3 Å². The molecule has 2 aromatic rings. The molecule has 0 saturated carbocycles. The third kappa shape index (κ3) is 4.86. The molecule has 4 rings (SSSR count). The van der Waals surface area contributed by atoms with Gasteiger partial charge >= 0.3 is 0 Å². The average molecular weight is 439 g/mol. The van der Waals surface area contributed by atoms with E-state index in [0.29, 0.717) is 24.6 Å². The van der Waals surface area contributed by atoms with Gasteiger partial charge in [-0.05, 0) is 49.8 Å². The lowest BCUT2D eigenvalue weighted by Crippen LogP contribution is -2.48. The second-order valence-corrected chi connectivity index (χ2v) is 9.48. The van der Waals surface area contributed by atoms with E-state index in [1.54, 1.807) is 11.3 Å². The van der Waals surface area contributed by atoms with Crippen LogP contribution in [0.1, 0.15) is 36.3 Å². The summed E-state index contributed by atoms with van der Waals surface area (Å²) < 4.78 is 5.77. The fourth-order valence-electron chi connectivity index (χ4n) is 4.47. The zero-order chi connectivity index (χ0) is 21.8. The van der Waals surface area contributed by atoms with Gasteiger partial charge in [-0.25, -0.2) is 0 Å². The van der Waals surface area contributed by atoms with Crippen LogP contribution in [-0.4, -0.2) is 50.1 Å². The number of anilines is 2. The maximum Gasteiger partial charge on any atom is 0.239 e. The number of nitriles is 1. The molecule has 1 aliphatic carbocycles. The van der Waals surface area contributed by atoms with Crippen LogP contribution >= 0.6 is 11.3 Å². The van der Waals surface area contributed by atoms with Crippen molar-refractivity contribution in [3.8, 4) is 11.8 Å². The summed E-state index contributed by atoms with van der Waals surface area (Å²) in [5.74, 6) is 1.52. The molecule has 0 spiro atoms. The summed E-state index contributed by atoms with van der Waals surface area (Å²) >= 11 is 1.59. The van der Waals surface area contributed by atoms with Gasteiger partial charge < -0.3 is 15.0 Å². The van der Waals surface area contributed by atoms with Crippen LogP contribution in [0.15, 0.2) is 24.3 Å². The second-order valence-electron chi connectivity index (χ2n) is 8.38. The number of benzene rings is 1. The number of amides is 1. The van der Waals surface area contributed by atoms with Crippen molar-refractivity contribution in [2.75, 3.05) is 49.5 Å². The molecule has 164 valence electrons. The van der Waals surface area contributed by atoms with Crippen molar-refractivity contribution in [2.45, 2.75) is 33.1 Å². The molecule has 1 saturated heterocycles. The van der Waals surface area contributed by atoms with E-state index in [-0.39, 0.29) is 5.91 Å². The van der Waals surface area contributed by atoms with Gasteiger partial charge in [0, 0.05) is 31.1 Å². The highest BCUT2D eigenvalue weighted by atomic mass is 32.1. The van der Waals surface area contributed by atoms with E-state index in [1.165, 1.54) is 4.88 Å². The molecule has 0 radical (unpaired) electrons. The first-order chi connectivity index (χ1) is 15.1. The van der Waals surface area contributed by atoms with Crippen molar-refractivity contribution in [1.29, 1.82) is 5.26 Å². The number of nitrogens with zero attached hydrogens (tertiary/aromatic N) is 3. The number of nitrogens with one attached hydrogen (secondary N) is 1. The Bertz CT molecular complexity index is 972. The van der Waals surface area contributed by atoms with Crippen molar-refractivity contribution in [2.24, 2.45) is 5.92 Å². The van der Waals surface area contributed by atoms with E-state index >= 15 is 0 Å². The molecule has 7 heteroatoms. The van der Waals surface area contributed by atoms with E-state index in [9.17, 15) is 10.1 Å². The number of hydrogen-bond acceptors (Lipinski definition) is 6. The van der Waals surface area contributed by atoms with Gasteiger partial charge in [0.1, 0.15) is 16.8 Å². The largest absolute Gasteiger partial charge is 0.492 e. The van der Waals surface area contributed by atoms with Crippen LogP contribution in [0.5, 0.6) is 5.75 Å². The normalized spacial score (nSPS) is 18.9. The lowest BCUT2D eigenvalue weighted by atomic mass is 9.89. The molecular weight excluding hydrogens is 408 g/mol. The summed E-state index contributed by atoms with van der Waals surface area (Å²) in [5, 5.41) is 13.4. The maximum atomic E-state index is 12.7. The van der Waals surface area contributed by atoms with Crippen molar-refractivity contribution < 1.29 is 9.53 Å². The van der Waals surface area contributed by atoms with Gasteiger partial charge in [-0.1, -0.05) is 19.1 Å². The van der Waals surface area contributed by atoms with Gasteiger partial charge in [0.2, 0.25) is 5.91 Å². The lowest BCUT2D eigenvalue weighted by molar-refractivity contribution is -0.117. The third-order valence-corrected chi connectivity index (χ3v) is 7.29. The molecule has 1 fully saturated rings. The fraction of sp³-hybridized carbons (Fsp3) is 0.500. The number of para-hydroxylation sites is 2. The Hall–Kier alpha value is -2.56. The number of hydrogen-bond donors (Lipinski definition) is 1. The highest BCUT2D eigenvalue weighted by Crippen LogP contribution is 2.39. The van der Waals surface area contributed by atoms with Crippen LogP contribution in [0.4, 0.5) is 10.7 Å². The number of fused-ring (bicyclic) bond motifs is 1. The SMILES string of the molecule is CCOc1ccccc1N1CCN(CC(=O)Nc2sc3c(c2C#N)CC[C@H](C)C3)CC1. The molecule has 2 aliphatic rings. The number of carbonyl (C=O) groups is 1. The monoisotopic (exact) mass is 438 g/mol. The molecule has 2 heterocycles. The maximum absolute atomic E-state index is 12.7. The van der Waals surface area contributed by atoms with Crippen molar-refractivity contribution >= 4 is 27.9 Å². The summed E-state index contributed by atoms with van der Waals surface area (Å²) in [6, 6.07) is 10.5. The smallest absolute Gasteiger partial charge is 0.239 e. The molecular formula is C24H30N4O2S. The van der Waals surface area contributed by atoms with Crippen LogP contribution in [-0.2, 0) is 17.6 Å². The van der Waals surface area contributed by atoms with Gasteiger partial charge in [0.15, 0.2) is 0 Å². The zero-order valence-electron chi connectivity index (χ0n) is 18.3. The minimum Gasteiger partial charge on any atom is -0.492 e. The first kappa shape index (κ1) is 21.7. The Balaban J connectivity index is 1.34.